The zero-order chi connectivity index (χ0) is 21.7. The number of thioether (sulfide) groups is 1. The zero-order valence-corrected chi connectivity index (χ0v) is 17.8. The molecule has 0 fully saturated rings. The molecule has 0 atom stereocenters. The van der Waals surface area contributed by atoms with Gasteiger partial charge in [0.15, 0.2) is 16.8 Å². The maximum atomic E-state index is 13.2. The van der Waals surface area contributed by atoms with Crippen LogP contribution in [-0.2, 0) is 18.4 Å². The summed E-state index contributed by atoms with van der Waals surface area (Å²) in [6, 6.07) is 10.8. The van der Waals surface area contributed by atoms with Crippen molar-refractivity contribution in [3.8, 4) is 5.75 Å². The van der Waals surface area contributed by atoms with Crippen molar-refractivity contribution in [3.05, 3.63) is 64.7 Å². The Morgan fingerprint density at radius 3 is 2.77 bits per heavy atom. The molecule has 3 aromatic rings. The van der Waals surface area contributed by atoms with E-state index in [2.05, 4.69) is 15.5 Å². The molecule has 0 aliphatic carbocycles. The van der Waals surface area contributed by atoms with Crippen LogP contribution >= 0.6 is 23.4 Å². The third kappa shape index (κ3) is 5.58. The molecule has 1 N–H and O–H groups in total. The van der Waals surface area contributed by atoms with Crippen LogP contribution < -0.4 is 10.1 Å². The molecule has 1 heterocycles. The number of nitrogens with zero attached hydrogens (tertiary/aromatic N) is 3. The minimum Gasteiger partial charge on any atom is -0.486 e. The molecular weight excluding hydrogens is 431 g/mol. The lowest BCUT2D eigenvalue weighted by molar-refractivity contribution is -0.113. The van der Waals surface area contributed by atoms with Gasteiger partial charge >= 0.3 is 0 Å². The average molecular weight is 449 g/mol. The quantitative estimate of drug-likeness (QED) is 0.412. The summed E-state index contributed by atoms with van der Waals surface area (Å²) in [7, 11) is 1.76. The Kier molecular flexibility index (Phi) is 7.07. The number of hydrogen-bond acceptors (Lipinski definition) is 6. The third-order valence-corrected chi connectivity index (χ3v) is 5.38. The predicted octanol–water partition coefficient (Wildman–Crippen LogP) is 4.12. The van der Waals surface area contributed by atoms with Crippen molar-refractivity contribution in [1.82, 2.24) is 14.8 Å². The van der Waals surface area contributed by atoms with Crippen molar-refractivity contribution < 1.29 is 18.7 Å². The van der Waals surface area contributed by atoms with Gasteiger partial charge in [0.25, 0.3) is 0 Å². The van der Waals surface area contributed by atoms with Gasteiger partial charge in [0.2, 0.25) is 5.91 Å². The first kappa shape index (κ1) is 21.8. The maximum Gasteiger partial charge on any atom is 0.234 e. The van der Waals surface area contributed by atoms with Crippen LogP contribution in [-0.4, -0.2) is 32.2 Å². The smallest absolute Gasteiger partial charge is 0.234 e. The summed E-state index contributed by atoms with van der Waals surface area (Å²) < 4.78 is 20.5. The van der Waals surface area contributed by atoms with Crippen molar-refractivity contribution in [3.63, 3.8) is 0 Å². The number of nitrogens with one attached hydrogen (secondary N) is 1. The minimum atomic E-state index is -0.521. The second-order valence-corrected chi connectivity index (χ2v) is 7.65. The number of amides is 1. The van der Waals surface area contributed by atoms with Gasteiger partial charge in [-0.3, -0.25) is 9.59 Å². The van der Waals surface area contributed by atoms with Crippen LogP contribution in [0.2, 0.25) is 5.02 Å². The topological polar surface area (TPSA) is 86.1 Å². The maximum absolute atomic E-state index is 13.2. The highest BCUT2D eigenvalue weighted by atomic mass is 35.5. The highest BCUT2D eigenvalue weighted by Gasteiger charge is 2.13. The van der Waals surface area contributed by atoms with Crippen LogP contribution in [0.5, 0.6) is 5.75 Å². The first-order valence-electron chi connectivity index (χ1n) is 8.83. The van der Waals surface area contributed by atoms with Gasteiger partial charge in [0.1, 0.15) is 18.2 Å². The fourth-order valence-corrected chi connectivity index (χ4v) is 3.35. The van der Waals surface area contributed by atoms with E-state index in [0.29, 0.717) is 28.0 Å². The van der Waals surface area contributed by atoms with Gasteiger partial charge in [-0.15, -0.1) is 10.2 Å². The molecule has 0 unspecified atom stereocenters. The van der Waals surface area contributed by atoms with Crippen molar-refractivity contribution >= 4 is 40.7 Å². The summed E-state index contributed by atoms with van der Waals surface area (Å²) in [6.45, 7) is 1.58. The Bertz CT molecular complexity index is 1090. The molecule has 0 aliphatic rings. The Morgan fingerprint density at radius 1 is 1.23 bits per heavy atom. The van der Waals surface area contributed by atoms with Crippen LogP contribution in [0.4, 0.5) is 10.1 Å². The second kappa shape index (κ2) is 9.73. The molecule has 30 heavy (non-hydrogen) atoms. The fourth-order valence-electron chi connectivity index (χ4n) is 2.45. The van der Waals surface area contributed by atoms with E-state index < -0.39 is 5.82 Å². The van der Waals surface area contributed by atoms with E-state index in [0.717, 1.165) is 0 Å². The number of benzene rings is 2. The van der Waals surface area contributed by atoms with Crippen LogP contribution in [0.15, 0.2) is 47.6 Å². The molecule has 1 aromatic heterocycles. The average Bonchev–Trinajstić information content (AvgIpc) is 3.07. The van der Waals surface area contributed by atoms with E-state index in [1.165, 1.54) is 36.9 Å². The van der Waals surface area contributed by atoms with Gasteiger partial charge in [-0.1, -0.05) is 35.5 Å². The molecule has 0 bridgehead atoms. The molecule has 10 heteroatoms. The first-order valence-corrected chi connectivity index (χ1v) is 10.2. The summed E-state index contributed by atoms with van der Waals surface area (Å²) in [4.78, 5) is 23.7. The molecule has 0 saturated heterocycles. The summed E-state index contributed by atoms with van der Waals surface area (Å²) >= 11 is 6.95. The summed E-state index contributed by atoms with van der Waals surface area (Å²) in [6.07, 6.45) is 0. The van der Waals surface area contributed by atoms with Gasteiger partial charge in [0, 0.05) is 24.4 Å². The van der Waals surface area contributed by atoms with E-state index in [-0.39, 0.29) is 29.1 Å². The predicted molar refractivity (Wildman–Crippen MR) is 113 cm³/mol. The normalized spacial score (nSPS) is 10.7. The zero-order valence-electron chi connectivity index (χ0n) is 16.2. The molecule has 156 valence electrons. The van der Waals surface area contributed by atoms with E-state index in [9.17, 15) is 14.0 Å². The molecule has 0 saturated carbocycles. The van der Waals surface area contributed by atoms with Gasteiger partial charge in [-0.2, -0.15) is 0 Å². The number of Topliss-reactive ketones (excluding diaryl/α,β-unsaturated/α-hetero) is 1. The molecule has 3 rings (SSSR count). The Hall–Kier alpha value is -2.91. The Labute approximate surface area is 181 Å². The standard InChI is InChI=1S/C20H18ClFN4O3S/c1-12(27)13-4-3-5-14(8-13)23-19(28)11-30-20-25-24-18(26(20)2)10-29-15-6-7-17(22)16(21)9-15/h3-9H,10-11H2,1-2H3,(H,23,28). The third-order valence-electron chi connectivity index (χ3n) is 4.07. The summed E-state index contributed by atoms with van der Waals surface area (Å²) in [5.74, 6) is 0.232. The number of hydrogen-bond donors (Lipinski definition) is 1. The van der Waals surface area contributed by atoms with Crippen molar-refractivity contribution in [1.29, 1.82) is 0 Å². The highest BCUT2D eigenvalue weighted by Crippen LogP contribution is 2.22. The van der Waals surface area contributed by atoms with Gasteiger partial charge < -0.3 is 14.6 Å². The van der Waals surface area contributed by atoms with Gasteiger partial charge in [-0.25, -0.2) is 4.39 Å². The number of ketones is 1. The lowest BCUT2D eigenvalue weighted by Crippen LogP contribution is -2.15. The monoisotopic (exact) mass is 448 g/mol. The molecule has 1 amide bonds. The minimum absolute atomic E-state index is 0.0263. The van der Waals surface area contributed by atoms with Crippen LogP contribution in [0.1, 0.15) is 23.1 Å². The van der Waals surface area contributed by atoms with E-state index >= 15 is 0 Å². The van der Waals surface area contributed by atoms with Gasteiger partial charge in [-0.05, 0) is 31.2 Å². The largest absolute Gasteiger partial charge is 0.486 e. The lowest BCUT2D eigenvalue weighted by atomic mass is 10.1. The van der Waals surface area contributed by atoms with E-state index in [1.807, 2.05) is 0 Å². The fraction of sp³-hybridized carbons (Fsp3) is 0.200. The lowest BCUT2D eigenvalue weighted by Gasteiger charge is -2.08. The second-order valence-electron chi connectivity index (χ2n) is 6.30. The summed E-state index contributed by atoms with van der Waals surface area (Å²) in [5, 5.41) is 11.4. The number of ether oxygens (including phenoxy) is 1. The van der Waals surface area contributed by atoms with Crippen molar-refractivity contribution in [2.45, 2.75) is 18.7 Å². The van der Waals surface area contributed by atoms with Crippen LogP contribution in [0.3, 0.4) is 0 Å². The van der Waals surface area contributed by atoms with E-state index in [4.69, 9.17) is 16.3 Å². The molecular formula is C20H18ClFN4O3S. The Balaban J connectivity index is 1.54. The number of rotatable bonds is 8. The van der Waals surface area contributed by atoms with Crippen molar-refractivity contribution in [2.75, 3.05) is 11.1 Å². The SMILES string of the molecule is CC(=O)c1cccc(NC(=O)CSc2nnc(COc3ccc(F)c(Cl)c3)n2C)c1. The number of carbonyl (C=O) groups is 2. The molecule has 2 aromatic carbocycles. The molecule has 0 radical (unpaired) electrons. The van der Waals surface area contributed by atoms with Crippen LogP contribution in [0, 0.1) is 5.82 Å². The number of aromatic nitrogens is 3. The molecule has 7 nitrogen and oxygen atoms in total. The highest BCUT2D eigenvalue weighted by molar-refractivity contribution is 7.99. The number of halogens is 2. The van der Waals surface area contributed by atoms with Gasteiger partial charge in [0.05, 0.1) is 10.8 Å². The van der Waals surface area contributed by atoms with Crippen LogP contribution in [0.25, 0.3) is 0 Å². The first-order chi connectivity index (χ1) is 14.3. The number of carbonyl (C=O) groups excluding carboxylic acids is 2. The van der Waals surface area contributed by atoms with Crippen molar-refractivity contribution in [2.24, 2.45) is 7.05 Å². The summed E-state index contributed by atoms with van der Waals surface area (Å²) in [5.41, 5.74) is 1.08. The number of anilines is 1. The Morgan fingerprint density at radius 2 is 2.03 bits per heavy atom. The molecule has 0 aliphatic heterocycles. The molecule has 0 spiro atoms. The van der Waals surface area contributed by atoms with E-state index in [1.54, 1.807) is 35.9 Å².